The Morgan fingerprint density at radius 3 is 2.60 bits per heavy atom. The Kier molecular flexibility index (Phi) is 9.22. The third-order valence-electron chi connectivity index (χ3n) is 9.97. The van der Waals surface area contributed by atoms with Gasteiger partial charge in [-0.25, -0.2) is 0 Å². The highest BCUT2D eigenvalue weighted by Crippen LogP contribution is 2.47. The zero-order chi connectivity index (χ0) is 30.4. The summed E-state index contributed by atoms with van der Waals surface area (Å²) >= 11 is 0. The molecule has 3 saturated heterocycles. The van der Waals surface area contributed by atoms with E-state index in [-0.39, 0.29) is 37.3 Å². The Morgan fingerprint density at radius 1 is 1.12 bits per heavy atom. The number of aliphatic hydroxyl groups excluding tert-OH is 3. The Morgan fingerprint density at radius 2 is 1.88 bits per heavy atom. The van der Waals surface area contributed by atoms with Crippen molar-refractivity contribution in [3.63, 3.8) is 0 Å². The van der Waals surface area contributed by atoms with Crippen LogP contribution in [0.25, 0.3) is 0 Å². The van der Waals surface area contributed by atoms with Crippen molar-refractivity contribution < 1.29 is 44.2 Å². The summed E-state index contributed by atoms with van der Waals surface area (Å²) in [6.45, 7) is 9.75. The van der Waals surface area contributed by atoms with Gasteiger partial charge in [0.25, 0.3) is 0 Å². The third-order valence-corrected chi connectivity index (χ3v) is 9.97. The molecule has 11 atom stereocenters. The van der Waals surface area contributed by atoms with Crippen LogP contribution in [0.5, 0.6) is 0 Å². The van der Waals surface area contributed by atoms with Crippen LogP contribution >= 0.6 is 0 Å². The predicted molar refractivity (Wildman–Crippen MR) is 155 cm³/mol. The van der Waals surface area contributed by atoms with E-state index < -0.39 is 47.7 Å². The van der Waals surface area contributed by atoms with Crippen molar-refractivity contribution in [2.45, 2.75) is 115 Å². The molecule has 0 radical (unpaired) electrons. The van der Waals surface area contributed by atoms with Gasteiger partial charge in [0.1, 0.15) is 29.8 Å². The molecule has 0 amide bonds. The van der Waals surface area contributed by atoms with Crippen LogP contribution in [-0.4, -0.2) is 87.6 Å². The molecule has 42 heavy (non-hydrogen) atoms. The molecule has 4 aliphatic heterocycles. The van der Waals surface area contributed by atoms with Gasteiger partial charge in [-0.3, -0.25) is 4.79 Å². The Labute approximate surface area is 248 Å². The maximum Gasteiger partial charge on any atom is 0.316 e. The number of carbonyl (C=O) groups is 1. The Bertz CT molecular complexity index is 1140. The van der Waals surface area contributed by atoms with E-state index in [0.717, 1.165) is 6.42 Å². The number of rotatable bonds is 2. The molecule has 4 N–H and O–H groups in total. The summed E-state index contributed by atoms with van der Waals surface area (Å²) in [5.74, 6) is -2.30. The van der Waals surface area contributed by atoms with E-state index in [0.29, 0.717) is 48.3 Å². The second-order valence-electron chi connectivity index (χ2n) is 13.4. The van der Waals surface area contributed by atoms with Crippen LogP contribution < -0.4 is 0 Å². The highest BCUT2D eigenvalue weighted by Gasteiger charge is 2.60. The molecular weight excluding hydrogens is 540 g/mol. The lowest BCUT2D eigenvalue weighted by Crippen LogP contribution is -2.58. The van der Waals surface area contributed by atoms with Crippen LogP contribution in [0.15, 0.2) is 47.1 Å². The predicted octanol–water partition coefficient (Wildman–Crippen LogP) is 3.11. The second kappa shape index (κ2) is 12.3. The lowest BCUT2D eigenvalue weighted by molar-refractivity contribution is -0.340. The normalized spacial score (nSPS) is 44.8. The smallest absolute Gasteiger partial charge is 0.316 e. The highest BCUT2D eigenvalue weighted by atomic mass is 16.7. The van der Waals surface area contributed by atoms with E-state index in [9.17, 15) is 25.2 Å². The third kappa shape index (κ3) is 5.82. The lowest BCUT2D eigenvalue weighted by Gasteiger charge is -2.50. The van der Waals surface area contributed by atoms with Crippen molar-refractivity contribution in [3.8, 4) is 0 Å². The quantitative estimate of drug-likeness (QED) is 0.284. The molecule has 234 valence electrons. The molecule has 0 saturated carbocycles. The van der Waals surface area contributed by atoms with Gasteiger partial charge in [-0.05, 0) is 48.3 Å². The van der Waals surface area contributed by atoms with Crippen molar-refractivity contribution in [1.82, 2.24) is 0 Å². The number of esters is 1. The minimum absolute atomic E-state index is 0.0140. The molecule has 5 aliphatic rings. The van der Waals surface area contributed by atoms with Gasteiger partial charge in [-0.15, -0.1) is 0 Å². The molecule has 2 bridgehead atoms. The summed E-state index contributed by atoms with van der Waals surface area (Å²) in [6.07, 6.45) is 7.39. The molecule has 9 heteroatoms. The van der Waals surface area contributed by atoms with Crippen molar-refractivity contribution >= 4 is 5.97 Å². The van der Waals surface area contributed by atoms with Gasteiger partial charge in [0.15, 0.2) is 5.79 Å². The van der Waals surface area contributed by atoms with Gasteiger partial charge in [0, 0.05) is 25.2 Å². The van der Waals surface area contributed by atoms with E-state index >= 15 is 0 Å². The van der Waals surface area contributed by atoms with Crippen LogP contribution in [0, 0.1) is 23.7 Å². The molecular formula is C33H48O9. The maximum atomic E-state index is 13.9. The van der Waals surface area contributed by atoms with E-state index in [1.165, 1.54) is 0 Å². The molecule has 0 aromatic carbocycles. The lowest BCUT2D eigenvalue weighted by atomic mass is 9.71. The van der Waals surface area contributed by atoms with E-state index in [1.807, 2.05) is 13.0 Å². The number of fused-ring (bicyclic) bond motifs is 2. The molecule has 3 fully saturated rings. The Balaban J connectivity index is 1.55. The van der Waals surface area contributed by atoms with Crippen molar-refractivity contribution in [2.75, 3.05) is 13.2 Å². The summed E-state index contributed by atoms with van der Waals surface area (Å²) in [7, 11) is 0. The van der Waals surface area contributed by atoms with Crippen LogP contribution in [0.1, 0.15) is 66.7 Å². The fraction of sp³-hybridized carbons (Fsp3) is 0.727. The molecule has 11 unspecified atom stereocenters. The second-order valence-corrected chi connectivity index (χ2v) is 13.4. The van der Waals surface area contributed by atoms with Crippen LogP contribution in [0.3, 0.4) is 0 Å². The largest absolute Gasteiger partial charge is 0.462 e. The first-order valence-corrected chi connectivity index (χ1v) is 15.5. The molecule has 0 aromatic rings. The van der Waals surface area contributed by atoms with Gasteiger partial charge in [-0.1, -0.05) is 58.1 Å². The SMILES string of the molecule is CC1=CC2C(=O)OC3CC(CC=C(CO)C(O)C(C)C=CC=C4COC(C1O)C42O)OC1(CCC(C)C(C(C)C)O1)C3. The van der Waals surface area contributed by atoms with Gasteiger partial charge >= 0.3 is 5.97 Å². The van der Waals surface area contributed by atoms with Crippen LogP contribution in [0.4, 0.5) is 0 Å². The van der Waals surface area contributed by atoms with Gasteiger partial charge in [0.05, 0.1) is 31.5 Å². The molecule has 4 heterocycles. The van der Waals surface area contributed by atoms with Gasteiger partial charge in [0.2, 0.25) is 0 Å². The number of hydrogen-bond acceptors (Lipinski definition) is 9. The maximum absolute atomic E-state index is 13.9. The number of aliphatic hydroxyl groups is 4. The summed E-state index contributed by atoms with van der Waals surface area (Å²) < 4.78 is 25.4. The highest BCUT2D eigenvalue weighted by molar-refractivity contribution is 5.78. The minimum atomic E-state index is -1.79. The van der Waals surface area contributed by atoms with E-state index in [1.54, 1.807) is 31.2 Å². The van der Waals surface area contributed by atoms with E-state index in [2.05, 4.69) is 20.8 Å². The number of carbonyl (C=O) groups excluding carboxylic acids is 1. The Hall–Kier alpha value is -1.85. The monoisotopic (exact) mass is 588 g/mol. The first-order chi connectivity index (χ1) is 19.9. The average molecular weight is 589 g/mol. The topological polar surface area (TPSA) is 135 Å². The zero-order valence-electron chi connectivity index (χ0n) is 25.4. The number of hydrogen-bond donors (Lipinski definition) is 4. The summed E-state index contributed by atoms with van der Waals surface area (Å²) in [5.41, 5.74) is -0.314. The molecule has 9 nitrogen and oxygen atoms in total. The zero-order valence-corrected chi connectivity index (χ0v) is 25.4. The van der Waals surface area contributed by atoms with Crippen LogP contribution in [0.2, 0.25) is 0 Å². The first-order valence-electron chi connectivity index (χ1n) is 15.5. The fourth-order valence-electron chi connectivity index (χ4n) is 7.48. The molecule has 1 aliphatic carbocycles. The van der Waals surface area contributed by atoms with Gasteiger partial charge < -0.3 is 39.4 Å². The van der Waals surface area contributed by atoms with Crippen molar-refractivity contribution in [2.24, 2.45) is 23.7 Å². The molecule has 5 rings (SSSR count). The summed E-state index contributed by atoms with van der Waals surface area (Å²) in [5, 5.41) is 44.1. The summed E-state index contributed by atoms with van der Waals surface area (Å²) in [6, 6.07) is 0. The number of ether oxygens (including phenoxy) is 4. The first kappa shape index (κ1) is 31.6. The number of allylic oxidation sites excluding steroid dienone is 2. The van der Waals surface area contributed by atoms with Gasteiger partial charge in [-0.2, -0.15) is 0 Å². The van der Waals surface area contributed by atoms with Crippen LogP contribution in [-0.2, 0) is 23.7 Å². The fourth-order valence-corrected chi connectivity index (χ4v) is 7.48. The molecule has 1 spiro atoms. The van der Waals surface area contributed by atoms with E-state index in [4.69, 9.17) is 18.9 Å². The molecule has 0 aromatic heterocycles. The van der Waals surface area contributed by atoms with Crippen molar-refractivity contribution in [1.29, 1.82) is 0 Å². The summed E-state index contributed by atoms with van der Waals surface area (Å²) in [4.78, 5) is 13.9. The average Bonchev–Trinajstić information content (AvgIpc) is 3.28. The standard InChI is InChI=1S/C33H48O9/c1-18(2)29-20(4)11-12-32(42-29)15-25-14-24(41-32)10-9-22(16-34)27(35)19(3)7-6-8-23-17-39-30-28(36)21(5)13-26(31(37)40-25)33(23,30)38/h6-9,13,18-20,24-30,34-36,38H,10-12,14-17H2,1-5H3. The minimum Gasteiger partial charge on any atom is -0.462 e. The van der Waals surface area contributed by atoms with Crippen molar-refractivity contribution in [3.05, 3.63) is 47.1 Å².